The van der Waals surface area contributed by atoms with Crippen LogP contribution in [0.15, 0.2) is 127 Å². The van der Waals surface area contributed by atoms with Crippen molar-refractivity contribution < 1.29 is 34.0 Å². The van der Waals surface area contributed by atoms with Gasteiger partial charge in [0.05, 0.1) is 13.7 Å². The van der Waals surface area contributed by atoms with E-state index < -0.39 is 6.10 Å². The van der Waals surface area contributed by atoms with Crippen molar-refractivity contribution in [1.82, 2.24) is 0 Å². The summed E-state index contributed by atoms with van der Waals surface area (Å²) in [6.07, 6.45) is 1.17. The number of carbonyl (C=O) groups is 1. The second-order valence-electron chi connectivity index (χ2n) is 10.5. The Labute approximate surface area is 268 Å². The minimum Gasteiger partial charge on any atom is -0.493 e. The quantitative estimate of drug-likeness (QED) is 0.0981. The highest BCUT2D eigenvalue weighted by Crippen LogP contribution is 2.31. The maximum Gasteiger partial charge on any atom is 0.200 e. The third-order valence-electron chi connectivity index (χ3n) is 7.19. The third-order valence-corrected chi connectivity index (χ3v) is 7.19. The maximum absolute atomic E-state index is 13.0. The molecular formula is C39H36O7. The van der Waals surface area contributed by atoms with Crippen LogP contribution in [-0.2, 0) is 6.61 Å². The van der Waals surface area contributed by atoms with Gasteiger partial charge in [0.25, 0.3) is 0 Å². The van der Waals surface area contributed by atoms with Crippen LogP contribution in [-0.4, -0.2) is 49.0 Å². The molecule has 1 unspecified atom stereocenters. The van der Waals surface area contributed by atoms with Gasteiger partial charge in [-0.25, -0.2) is 0 Å². The number of benzene rings is 5. The number of carbonyl (C=O) groups excluding carboxylic acids is 1. The van der Waals surface area contributed by atoms with Crippen molar-refractivity contribution >= 4 is 17.4 Å². The van der Waals surface area contributed by atoms with Crippen LogP contribution >= 0.6 is 0 Å². The predicted molar refractivity (Wildman–Crippen MR) is 178 cm³/mol. The smallest absolute Gasteiger partial charge is 0.200 e. The van der Waals surface area contributed by atoms with Gasteiger partial charge >= 0.3 is 0 Å². The molecule has 0 aromatic heterocycles. The highest BCUT2D eigenvalue weighted by atomic mass is 16.5. The first-order valence-electron chi connectivity index (χ1n) is 14.9. The Balaban J connectivity index is 1.25. The highest BCUT2D eigenvalue weighted by Gasteiger charge is 2.13. The summed E-state index contributed by atoms with van der Waals surface area (Å²) >= 11 is 0. The van der Waals surface area contributed by atoms with E-state index in [4.69, 9.17) is 24.1 Å². The molecule has 0 saturated heterocycles. The minimum atomic E-state index is -0.933. The van der Waals surface area contributed by atoms with E-state index in [1.165, 1.54) is 0 Å². The molecule has 0 bridgehead atoms. The van der Waals surface area contributed by atoms with Gasteiger partial charge in [0.15, 0.2) is 23.9 Å². The van der Waals surface area contributed by atoms with Gasteiger partial charge in [-0.05, 0) is 76.4 Å². The van der Waals surface area contributed by atoms with E-state index in [9.17, 15) is 9.90 Å². The van der Waals surface area contributed by atoms with Crippen molar-refractivity contribution in [3.8, 4) is 23.0 Å². The van der Waals surface area contributed by atoms with Crippen LogP contribution < -0.4 is 18.9 Å². The normalized spacial score (nSPS) is 11.8. The lowest BCUT2D eigenvalue weighted by Crippen LogP contribution is -2.21. The summed E-state index contributed by atoms with van der Waals surface area (Å²) in [6.45, 7) is -0.0921. The molecule has 0 saturated carbocycles. The second kappa shape index (κ2) is 16.1. The summed E-state index contributed by atoms with van der Waals surface area (Å²) in [6, 6.07) is 40.1. The molecule has 5 aromatic carbocycles. The van der Waals surface area contributed by atoms with Crippen LogP contribution in [0.25, 0.3) is 11.6 Å². The number of hydrogen-bond donors (Lipinski definition) is 2. The molecule has 0 amide bonds. The second-order valence-corrected chi connectivity index (χ2v) is 10.5. The molecule has 5 aromatic rings. The summed E-state index contributed by atoms with van der Waals surface area (Å²) in [5.74, 6) is 2.01. The summed E-state index contributed by atoms with van der Waals surface area (Å²) in [4.78, 5) is 13.0. The van der Waals surface area contributed by atoms with E-state index in [1.54, 1.807) is 25.3 Å². The van der Waals surface area contributed by atoms with E-state index in [2.05, 4.69) is 6.08 Å². The molecule has 2 N–H and O–H groups in total. The third kappa shape index (κ3) is 8.85. The van der Waals surface area contributed by atoms with Crippen molar-refractivity contribution in [2.45, 2.75) is 12.7 Å². The van der Waals surface area contributed by atoms with Crippen molar-refractivity contribution in [2.75, 3.05) is 26.9 Å². The van der Waals surface area contributed by atoms with Crippen molar-refractivity contribution in [1.29, 1.82) is 0 Å². The lowest BCUT2D eigenvalue weighted by atomic mass is 9.95. The van der Waals surface area contributed by atoms with Crippen LogP contribution in [0.3, 0.4) is 0 Å². The fourth-order valence-corrected chi connectivity index (χ4v) is 4.68. The number of hydrogen-bond acceptors (Lipinski definition) is 7. The van der Waals surface area contributed by atoms with Gasteiger partial charge in [-0.2, -0.15) is 0 Å². The number of methoxy groups -OCH3 is 1. The topological polar surface area (TPSA) is 94.5 Å². The van der Waals surface area contributed by atoms with E-state index >= 15 is 0 Å². The number of aliphatic hydroxyl groups is 2. The van der Waals surface area contributed by atoms with E-state index in [-0.39, 0.29) is 25.6 Å². The molecule has 0 aliphatic carbocycles. The Hall–Kier alpha value is -5.37. The van der Waals surface area contributed by atoms with Crippen LogP contribution in [0.2, 0.25) is 0 Å². The lowest BCUT2D eigenvalue weighted by molar-refractivity contribution is 0.0536. The average molecular weight is 617 g/mol. The number of aliphatic hydroxyl groups excluding tert-OH is 2. The summed E-state index contributed by atoms with van der Waals surface area (Å²) in [5.41, 5.74) is 5.45. The maximum atomic E-state index is 13.0. The van der Waals surface area contributed by atoms with Crippen molar-refractivity contribution in [2.24, 2.45) is 0 Å². The zero-order valence-corrected chi connectivity index (χ0v) is 25.5. The fraction of sp³-hybridized carbons (Fsp3) is 0.154. The summed E-state index contributed by atoms with van der Waals surface area (Å²) < 4.78 is 22.8. The Bertz CT molecular complexity index is 1710. The molecule has 5 rings (SSSR count). The first kappa shape index (κ1) is 32.0. The zero-order chi connectivity index (χ0) is 32.1. The molecule has 234 valence electrons. The standard InChI is InChI=1S/C39H36O7/c1-43-39-23-32(16-21-38(39)46-25-29-10-6-3-7-11-29)37(42)27-45-35-19-14-31(15-20-35)36(22-28-8-4-2-5-9-28)30-12-17-34(18-13-30)44-26-33(41)24-40/h2-23,33,40-41H,24-27H2,1H3/b36-22+. The summed E-state index contributed by atoms with van der Waals surface area (Å²) in [5, 5.41) is 18.6. The van der Waals surface area contributed by atoms with Crippen LogP contribution in [0.5, 0.6) is 23.0 Å². The minimum absolute atomic E-state index is 0.00848. The molecule has 0 spiro atoms. The van der Waals surface area contributed by atoms with Crippen molar-refractivity contribution in [3.63, 3.8) is 0 Å². The van der Waals surface area contributed by atoms with Crippen LogP contribution in [0, 0.1) is 0 Å². The molecule has 7 nitrogen and oxygen atoms in total. The molecule has 0 aliphatic rings. The number of ether oxygens (including phenoxy) is 4. The Morgan fingerprint density at radius 2 is 1.28 bits per heavy atom. The monoisotopic (exact) mass is 616 g/mol. The Kier molecular flexibility index (Phi) is 11.2. The molecule has 0 aliphatic heterocycles. The largest absolute Gasteiger partial charge is 0.493 e. The molecule has 0 fully saturated rings. The van der Waals surface area contributed by atoms with Gasteiger partial charge in [0.1, 0.15) is 30.8 Å². The van der Waals surface area contributed by atoms with Gasteiger partial charge in [-0.1, -0.05) is 84.9 Å². The molecule has 7 heteroatoms. The van der Waals surface area contributed by atoms with E-state index in [0.717, 1.165) is 27.8 Å². The SMILES string of the molecule is COc1cc(C(=O)COc2ccc(/C(=C/c3ccccc3)c3ccc(OCC(O)CO)cc3)cc2)ccc1OCc1ccccc1. The predicted octanol–water partition coefficient (Wildman–Crippen LogP) is 6.86. The van der Waals surface area contributed by atoms with Gasteiger partial charge in [0, 0.05) is 5.56 Å². The van der Waals surface area contributed by atoms with Crippen molar-refractivity contribution in [3.05, 3.63) is 155 Å². The van der Waals surface area contributed by atoms with Crippen LogP contribution in [0.1, 0.15) is 32.6 Å². The Morgan fingerprint density at radius 1 is 0.696 bits per heavy atom. The molecule has 0 radical (unpaired) electrons. The summed E-state index contributed by atoms with van der Waals surface area (Å²) in [7, 11) is 1.55. The molecule has 46 heavy (non-hydrogen) atoms. The zero-order valence-electron chi connectivity index (χ0n) is 25.5. The number of rotatable bonds is 15. The van der Waals surface area contributed by atoms with Crippen LogP contribution in [0.4, 0.5) is 0 Å². The number of ketones is 1. The van der Waals surface area contributed by atoms with E-state index in [1.807, 2.05) is 109 Å². The van der Waals surface area contributed by atoms with Gasteiger partial charge < -0.3 is 29.2 Å². The Morgan fingerprint density at radius 3 is 1.89 bits per heavy atom. The van der Waals surface area contributed by atoms with Gasteiger partial charge in [0.2, 0.25) is 0 Å². The van der Waals surface area contributed by atoms with E-state index in [0.29, 0.717) is 35.2 Å². The first-order chi connectivity index (χ1) is 22.5. The molecule has 0 heterocycles. The van der Waals surface area contributed by atoms with Gasteiger partial charge in [-0.15, -0.1) is 0 Å². The average Bonchev–Trinajstić information content (AvgIpc) is 3.12. The first-order valence-corrected chi connectivity index (χ1v) is 14.9. The highest BCUT2D eigenvalue weighted by molar-refractivity contribution is 5.98. The molecule has 1 atom stereocenters. The fourth-order valence-electron chi connectivity index (χ4n) is 4.68. The molecular weight excluding hydrogens is 580 g/mol. The van der Waals surface area contributed by atoms with Gasteiger partial charge in [-0.3, -0.25) is 4.79 Å². The number of Topliss-reactive ketones (excluding diaryl/α,β-unsaturated/α-hetero) is 1. The lowest BCUT2D eigenvalue weighted by Gasteiger charge is -2.13.